The van der Waals surface area contributed by atoms with E-state index in [0.717, 1.165) is 19.4 Å². The fraction of sp³-hybridized carbons (Fsp3) is 0.471. The van der Waals surface area contributed by atoms with Crippen LogP contribution in [0.2, 0.25) is 0 Å². The summed E-state index contributed by atoms with van der Waals surface area (Å²) < 4.78 is 1.75. The maximum absolute atomic E-state index is 12.7. The molecule has 0 saturated carbocycles. The molecule has 0 radical (unpaired) electrons. The number of nitrogens with zero attached hydrogens (tertiary/aromatic N) is 6. The van der Waals surface area contributed by atoms with Crippen LogP contribution in [0.1, 0.15) is 33.9 Å². The van der Waals surface area contributed by atoms with Gasteiger partial charge in [-0.05, 0) is 25.0 Å². The molecule has 25 heavy (non-hydrogen) atoms. The lowest BCUT2D eigenvalue weighted by molar-refractivity contribution is 0.0820. The average molecular weight is 342 g/mol. The summed E-state index contributed by atoms with van der Waals surface area (Å²) in [4.78, 5) is 32.2. The Kier molecular flexibility index (Phi) is 4.78. The van der Waals surface area contributed by atoms with E-state index in [9.17, 15) is 9.59 Å². The van der Waals surface area contributed by atoms with E-state index in [4.69, 9.17) is 0 Å². The van der Waals surface area contributed by atoms with E-state index in [0.29, 0.717) is 23.9 Å². The topological polar surface area (TPSA) is 84.2 Å². The number of ketones is 1. The van der Waals surface area contributed by atoms with Gasteiger partial charge in [0, 0.05) is 52.5 Å². The molecule has 132 valence electrons. The van der Waals surface area contributed by atoms with Gasteiger partial charge in [-0.25, -0.2) is 4.98 Å². The van der Waals surface area contributed by atoms with Gasteiger partial charge < -0.3 is 14.4 Å². The number of aromatic nitrogens is 4. The molecule has 1 unspecified atom stereocenters. The first-order valence-electron chi connectivity index (χ1n) is 8.29. The number of carbonyl (C=O) groups is 2. The fourth-order valence-corrected chi connectivity index (χ4v) is 3.02. The first kappa shape index (κ1) is 17.1. The molecule has 8 nitrogen and oxygen atoms in total. The quantitative estimate of drug-likeness (QED) is 0.771. The Morgan fingerprint density at radius 1 is 1.24 bits per heavy atom. The summed E-state index contributed by atoms with van der Waals surface area (Å²) >= 11 is 0. The van der Waals surface area contributed by atoms with Gasteiger partial charge in [-0.1, -0.05) is 0 Å². The number of aryl methyl sites for hydroxylation is 1. The second-order valence-electron chi connectivity index (χ2n) is 6.49. The van der Waals surface area contributed by atoms with Gasteiger partial charge in [-0.15, -0.1) is 10.2 Å². The van der Waals surface area contributed by atoms with Gasteiger partial charge in [0.1, 0.15) is 0 Å². The zero-order valence-corrected chi connectivity index (χ0v) is 14.7. The van der Waals surface area contributed by atoms with E-state index in [2.05, 4.69) is 15.2 Å². The normalized spacial score (nSPS) is 17.4. The van der Waals surface area contributed by atoms with Crippen LogP contribution in [0.5, 0.6) is 0 Å². The molecule has 3 rings (SSSR count). The van der Waals surface area contributed by atoms with Gasteiger partial charge in [0.15, 0.2) is 17.3 Å². The standard InChI is InChI=1S/C17H22N6O2/c1-21(2)17(25)13-6-7-14(20-19-13)23-9-4-5-12(11-23)15(24)16-18-8-10-22(16)3/h6-8,10,12H,4-5,9,11H2,1-3H3. The third kappa shape index (κ3) is 3.52. The van der Waals surface area contributed by atoms with Crippen LogP contribution in [0.3, 0.4) is 0 Å². The van der Waals surface area contributed by atoms with E-state index in [1.807, 2.05) is 11.9 Å². The van der Waals surface area contributed by atoms with Gasteiger partial charge in [-0.2, -0.15) is 0 Å². The minimum atomic E-state index is -0.180. The molecule has 1 aliphatic heterocycles. The number of Topliss-reactive ketones (excluding diaryl/α,β-unsaturated/α-hetero) is 1. The number of piperidine rings is 1. The highest BCUT2D eigenvalue weighted by Gasteiger charge is 2.29. The predicted octanol–water partition coefficient (Wildman–Crippen LogP) is 1.01. The number of carbonyl (C=O) groups excluding carboxylic acids is 2. The molecule has 0 aromatic carbocycles. The summed E-state index contributed by atoms with van der Waals surface area (Å²) in [5.41, 5.74) is 0.311. The van der Waals surface area contributed by atoms with Crippen molar-refractivity contribution >= 4 is 17.5 Å². The molecular formula is C17H22N6O2. The molecule has 0 N–H and O–H groups in total. The van der Waals surface area contributed by atoms with Gasteiger partial charge in [-0.3, -0.25) is 9.59 Å². The van der Waals surface area contributed by atoms with E-state index in [-0.39, 0.29) is 17.6 Å². The van der Waals surface area contributed by atoms with Crippen LogP contribution in [0, 0.1) is 5.92 Å². The summed E-state index contributed by atoms with van der Waals surface area (Å²) in [5, 5.41) is 8.20. The summed E-state index contributed by atoms with van der Waals surface area (Å²) in [5.74, 6) is 0.947. The summed E-state index contributed by atoms with van der Waals surface area (Å²) in [6.45, 7) is 1.40. The Morgan fingerprint density at radius 2 is 2.04 bits per heavy atom. The summed E-state index contributed by atoms with van der Waals surface area (Å²) in [6.07, 6.45) is 5.16. The minimum absolute atomic E-state index is 0.0598. The van der Waals surface area contributed by atoms with Gasteiger partial charge >= 0.3 is 0 Å². The van der Waals surface area contributed by atoms with Crippen LogP contribution >= 0.6 is 0 Å². The lowest BCUT2D eigenvalue weighted by Gasteiger charge is -2.32. The minimum Gasteiger partial charge on any atom is -0.354 e. The van der Waals surface area contributed by atoms with E-state index < -0.39 is 0 Å². The second kappa shape index (κ2) is 7.00. The highest BCUT2D eigenvalue weighted by atomic mass is 16.2. The van der Waals surface area contributed by atoms with Crippen LogP contribution in [-0.4, -0.2) is 63.5 Å². The monoisotopic (exact) mass is 342 g/mol. The van der Waals surface area contributed by atoms with Crippen molar-refractivity contribution in [3.63, 3.8) is 0 Å². The van der Waals surface area contributed by atoms with Crippen LogP contribution < -0.4 is 4.90 Å². The molecule has 0 spiro atoms. The van der Waals surface area contributed by atoms with Crippen molar-refractivity contribution < 1.29 is 9.59 Å². The molecule has 8 heteroatoms. The third-order valence-corrected chi connectivity index (χ3v) is 4.43. The molecule has 1 aliphatic rings. The Hall–Kier alpha value is -2.77. The first-order chi connectivity index (χ1) is 12.0. The van der Waals surface area contributed by atoms with Crippen molar-refractivity contribution in [1.82, 2.24) is 24.6 Å². The van der Waals surface area contributed by atoms with Crippen molar-refractivity contribution in [3.8, 4) is 0 Å². The maximum atomic E-state index is 12.7. The molecule has 1 atom stereocenters. The largest absolute Gasteiger partial charge is 0.354 e. The molecule has 1 fully saturated rings. The molecule has 1 amide bonds. The molecule has 1 saturated heterocycles. The van der Waals surface area contributed by atoms with Crippen molar-refractivity contribution in [2.24, 2.45) is 13.0 Å². The molecule has 2 aromatic heterocycles. The van der Waals surface area contributed by atoms with Crippen LogP contribution in [0.25, 0.3) is 0 Å². The number of hydrogen-bond acceptors (Lipinski definition) is 6. The molecule has 2 aromatic rings. The Labute approximate surface area is 146 Å². The van der Waals surface area contributed by atoms with Gasteiger partial charge in [0.25, 0.3) is 5.91 Å². The van der Waals surface area contributed by atoms with Gasteiger partial charge in [0.05, 0.1) is 0 Å². The Morgan fingerprint density at radius 3 is 2.64 bits per heavy atom. The number of anilines is 1. The third-order valence-electron chi connectivity index (χ3n) is 4.43. The fourth-order valence-electron chi connectivity index (χ4n) is 3.02. The average Bonchev–Trinajstić information content (AvgIpc) is 3.06. The first-order valence-corrected chi connectivity index (χ1v) is 8.29. The molecule has 0 bridgehead atoms. The zero-order valence-electron chi connectivity index (χ0n) is 14.7. The molecule has 3 heterocycles. The zero-order chi connectivity index (χ0) is 18.0. The lowest BCUT2D eigenvalue weighted by Crippen LogP contribution is -2.40. The second-order valence-corrected chi connectivity index (χ2v) is 6.49. The van der Waals surface area contributed by atoms with E-state index in [1.165, 1.54) is 4.90 Å². The van der Waals surface area contributed by atoms with Crippen LogP contribution in [0.15, 0.2) is 24.5 Å². The highest BCUT2D eigenvalue weighted by molar-refractivity contribution is 5.95. The lowest BCUT2D eigenvalue weighted by atomic mass is 9.93. The summed E-state index contributed by atoms with van der Waals surface area (Å²) in [7, 11) is 5.18. The van der Waals surface area contributed by atoms with Crippen molar-refractivity contribution in [3.05, 3.63) is 36.0 Å². The Bertz CT molecular complexity index is 768. The van der Waals surface area contributed by atoms with E-state index >= 15 is 0 Å². The van der Waals surface area contributed by atoms with E-state index in [1.54, 1.807) is 43.2 Å². The number of hydrogen-bond donors (Lipinski definition) is 0. The van der Waals surface area contributed by atoms with Crippen LogP contribution in [0.4, 0.5) is 5.82 Å². The van der Waals surface area contributed by atoms with Crippen molar-refractivity contribution in [2.75, 3.05) is 32.1 Å². The number of imidazole rings is 1. The van der Waals surface area contributed by atoms with Crippen molar-refractivity contribution in [1.29, 1.82) is 0 Å². The highest BCUT2D eigenvalue weighted by Crippen LogP contribution is 2.23. The molecular weight excluding hydrogens is 320 g/mol. The number of amides is 1. The smallest absolute Gasteiger partial charge is 0.273 e. The summed E-state index contributed by atoms with van der Waals surface area (Å²) in [6, 6.07) is 3.46. The Balaban J connectivity index is 1.72. The molecule has 0 aliphatic carbocycles. The number of rotatable bonds is 4. The van der Waals surface area contributed by atoms with Crippen LogP contribution in [-0.2, 0) is 7.05 Å². The SMILES string of the molecule is CN(C)C(=O)c1ccc(N2CCCC(C(=O)c3nccn3C)C2)nn1. The predicted molar refractivity (Wildman–Crippen MR) is 92.5 cm³/mol. The van der Waals surface area contributed by atoms with Crippen molar-refractivity contribution in [2.45, 2.75) is 12.8 Å². The van der Waals surface area contributed by atoms with Gasteiger partial charge in [0.2, 0.25) is 5.78 Å². The maximum Gasteiger partial charge on any atom is 0.273 e.